The zero-order valence-corrected chi connectivity index (χ0v) is 11.1. The molecule has 0 amide bonds. The molecule has 2 aromatic carbocycles. The van der Waals surface area contributed by atoms with Crippen molar-refractivity contribution in [2.45, 2.75) is 13.0 Å². The van der Waals surface area contributed by atoms with Gasteiger partial charge in [-0.1, -0.05) is 41.9 Å². The molecular weight excluding hydrogens is 249 g/mol. The zero-order valence-electron chi connectivity index (χ0n) is 10.4. The van der Waals surface area contributed by atoms with Crippen LogP contribution in [0.25, 0.3) is 0 Å². The van der Waals surface area contributed by atoms with E-state index in [1.807, 2.05) is 44.3 Å². The Morgan fingerprint density at radius 2 is 1.89 bits per heavy atom. The highest BCUT2D eigenvalue weighted by atomic mass is 35.5. The second-order valence-electron chi connectivity index (χ2n) is 4.25. The summed E-state index contributed by atoms with van der Waals surface area (Å²) >= 11 is 5.71. The van der Waals surface area contributed by atoms with Crippen molar-refractivity contribution >= 4 is 11.6 Å². The highest BCUT2D eigenvalue weighted by molar-refractivity contribution is 6.30. The van der Waals surface area contributed by atoms with Crippen LogP contribution in [-0.2, 0) is 0 Å². The van der Waals surface area contributed by atoms with Crippen LogP contribution in [0.2, 0.25) is 5.02 Å². The molecule has 0 bridgehead atoms. The Hall–Kier alpha value is -1.38. The van der Waals surface area contributed by atoms with Gasteiger partial charge in [-0.05, 0) is 42.8 Å². The van der Waals surface area contributed by atoms with Gasteiger partial charge in [0.1, 0.15) is 5.82 Å². The molecule has 94 valence electrons. The van der Waals surface area contributed by atoms with Gasteiger partial charge in [0.05, 0.1) is 11.1 Å². The number of benzene rings is 2. The Balaban J connectivity index is 2.45. The first-order valence-electron chi connectivity index (χ1n) is 5.81. The van der Waals surface area contributed by atoms with Gasteiger partial charge in [-0.15, -0.1) is 0 Å². The van der Waals surface area contributed by atoms with Crippen LogP contribution in [0.3, 0.4) is 0 Å². The molecule has 0 aliphatic rings. The van der Waals surface area contributed by atoms with Crippen LogP contribution in [0, 0.1) is 12.7 Å². The van der Waals surface area contributed by atoms with Crippen LogP contribution >= 0.6 is 11.6 Å². The summed E-state index contributed by atoms with van der Waals surface area (Å²) < 4.78 is 13.5. The molecule has 0 heterocycles. The number of halogens is 2. The van der Waals surface area contributed by atoms with E-state index < -0.39 is 0 Å². The fourth-order valence-corrected chi connectivity index (χ4v) is 2.22. The Morgan fingerprint density at radius 3 is 2.50 bits per heavy atom. The molecule has 0 saturated heterocycles. The molecule has 2 aromatic rings. The van der Waals surface area contributed by atoms with Crippen LogP contribution in [0.5, 0.6) is 0 Å². The lowest BCUT2D eigenvalue weighted by atomic mass is 9.95. The number of hydrogen-bond donors (Lipinski definition) is 1. The van der Waals surface area contributed by atoms with Crippen molar-refractivity contribution in [3.63, 3.8) is 0 Å². The molecule has 3 heteroatoms. The smallest absolute Gasteiger partial charge is 0.142 e. The van der Waals surface area contributed by atoms with Gasteiger partial charge >= 0.3 is 0 Å². The Morgan fingerprint density at radius 1 is 1.17 bits per heavy atom. The quantitative estimate of drug-likeness (QED) is 0.879. The molecule has 1 nitrogen and oxygen atoms in total. The van der Waals surface area contributed by atoms with E-state index in [4.69, 9.17) is 11.6 Å². The van der Waals surface area contributed by atoms with Crippen LogP contribution < -0.4 is 5.32 Å². The first kappa shape index (κ1) is 13.1. The minimum atomic E-state index is -0.386. The molecule has 1 unspecified atom stereocenters. The van der Waals surface area contributed by atoms with Crippen molar-refractivity contribution in [2.75, 3.05) is 7.05 Å². The van der Waals surface area contributed by atoms with Gasteiger partial charge < -0.3 is 5.32 Å². The molecule has 0 radical (unpaired) electrons. The summed E-state index contributed by atoms with van der Waals surface area (Å²) in [5, 5.41) is 3.36. The van der Waals surface area contributed by atoms with Crippen molar-refractivity contribution < 1.29 is 4.39 Å². The molecule has 0 saturated carbocycles. The summed E-state index contributed by atoms with van der Waals surface area (Å²) in [6, 6.07) is 13.0. The number of nitrogens with one attached hydrogen (secondary N) is 1. The predicted octanol–water partition coefficient (Wildman–Crippen LogP) is 4.10. The first-order valence-corrected chi connectivity index (χ1v) is 6.19. The summed E-state index contributed by atoms with van der Waals surface area (Å²) in [6.45, 7) is 2.05. The summed E-state index contributed by atoms with van der Waals surface area (Å²) in [4.78, 5) is 0. The predicted molar refractivity (Wildman–Crippen MR) is 73.5 cm³/mol. The summed E-state index contributed by atoms with van der Waals surface area (Å²) in [7, 11) is 1.86. The van der Waals surface area contributed by atoms with Gasteiger partial charge in [0.15, 0.2) is 0 Å². The van der Waals surface area contributed by atoms with E-state index >= 15 is 0 Å². The van der Waals surface area contributed by atoms with Crippen LogP contribution in [0.15, 0.2) is 42.5 Å². The number of aryl methyl sites for hydroxylation is 1. The maximum Gasteiger partial charge on any atom is 0.142 e. The van der Waals surface area contributed by atoms with Gasteiger partial charge in [0.2, 0.25) is 0 Å². The molecule has 0 aromatic heterocycles. The third-order valence-corrected chi connectivity index (χ3v) is 3.37. The topological polar surface area (TPSA) is 12.0 Å². The fourth-order valence-electron chi connectivity index (χ4n) is 2.10. The molecule has 0 aliphatic carbocycles. The second kappa shape index (κ2) is 5.51. The lowest BCUT2D eigenvalue weighted by Gasteiger charge is -2.19. The Kier molecular flexibility index (Phi) is 4.00. The normalized spacial score (nSPS) is 12.4. The molecular formula is C15H15ClFN. The second-order valence-corrected chi connectivity index (χ2v) is 4.66. The van der Waals surface area contributed by atoms with E-state index in [2.05, 4.69) is 5.32 Å². The number of hydrogen-bond acceptors (Lipinski definition) is 1. The molecule has 1 N–H and O–H groups in total. The largest absolute Gasteiger partial charge is 0.309 e. The van der Waals surface area contributed by atoms with Crippen molar-refractivity contribution in [3.05, 3.63) is 70.0 Å². The van der Waals surface area contributed by atoms with Gasteiger partial charge in [-0.3, -0.25) is 0 Å². The molecule has 1 atom stereocenters. The maximum atomic E-state index is 13.5. The van der Waals surface area contributed by atoms with E-state index in [9.17, 15) is 4.39 Å². The SMILES string of the molecule is CNC(c1ccc(Cl)c(F)c1)c1ccccc1C. The van der Waals surface area contributed by atoms with E-state index in [1.165, 1.54) is 11.6 Å². The minimum absolute atomic E-state index is 0.0297. The van der Waals surface area contributed by atoms with Gasteiger partial charge in [-0.25, -0.2) is 4.39 Å². The van der Waals surface area contributed by atoms with E-state index in [1.54, 1.807) is 6.07 Å². The fraction of sp³-hybridized carbons (Fsp3) is 0.200. The van der Waals surface area contributed by atoms with E-state index in [-0.39, 0.29) is 16.9 Å². The van der Waals surface area contributed by atoms with Crippen molar-refractivity contribution in [1.82, 2.24) is 5.32 Å². The molecule has 0 aliphatic heterocycles. The van der Waals surface area contributed by atoms with Gasteiger partial charge in [0.25, 0.3) is 0 Å². The van der Waals surface area contributed by atoms with E-state index in [0.29, 0.717) is 0 Å². The summed E-state index contributed by atoms with van der Waals surface area (Å²) in [6.07, 6.45) is 0. The maximum absolute atomic E-state index is 13.5. The zero-order chi connectivity index (χ0) is 13.1. The minimum Gasteiger partial charge on any atom is -0.309 e. The monoisotopic (exact) mass is 263 g/mol. The van der Waals surface area contributed by atoms with Gasteiger partial charge in [0, 0.05) is 0 Å². The van der Waals surface area contributed by atoms with Crippen LogP contribution in [0.1, 0.15) is 22.7 Å². The first-order chi connectivity index (χ1) is 8.63. The summed E-state index contributed by atoms with van der Waals surface area (Å²) in [5.74, 6) is -0.386. The number of rotatable bonds is 3. The molecule has 18 heavy (non-hydrogen) atoms. The molecule has 0 fully saturated rings. The van der Waals surface area contributed by atoms with E-state index in [0.717, 1.165) is 11.1 Å². The summed E-state index contributed by atoms with van der Waals surface area (Å²) in [5.41, 5.74) is 3.18. The highest BCUT2D eigenvalue weighted by Crippen LogP contribution is 2.27. The third kappa shape index (κ3) is 2.55. The van der Waals surface area contributed by atoms with Crippen molar-refractivity contribution in [3.8, 4) is 0 Å². The Labute approximate surface area is 112 Å². The van der Waals surface area contributed by atoms with Crippen molar-refractivity contribution in [1.29, 1.82) is 0 Å². The lowest BCUT2D eigenvalue weighted by Crippen LogP contribution is -2.18. The van der Waals surface area contributed by atoms with Crippen LogP contribution in [-0.4, -0.2) is 7.05 Å². The Bertz CT molecular complexity index is 554. The van der Waals surface area contributed by atoms with Crippen LogP contribution in [0.4, 0.5) is 4.39 Å². The average molecular weight is 264 g/mol. The average Bonchev–Trinajstić information content (AvgIpc) is 2.37. The standard InChI is InChI=1S/C15H15ClFN/c1-10-5-3-4-6-12(10)15(18-2)11-7-8-13(16)14(17)9-11/h3-9,15,18H,1-2H3. The molecule has 2 rings (SSSR count). The highest BCUT2D eigenvalue weighted by Gasteiger charge is 2.15. The third-order valence-electron chi connectivity index (χ3n) is 3.07. The van der Waals surface area contributed by atoms with Gasteiger partial charge in [-0.2, -0.15) is 0 Å². The lowest BCUT2D eigenvalue weighted by molar-refractivity contribution is 0.616. The van der Waals surface area contributed by atoms with Crippen molar-refractivity contribution in [2.24, 2.45) is 0 Å². The molecule has 0 spiro atoms.